The summed E-state index contributed by atoms with van der Waals surface area (Å²) >= 11 is 0. The van der Waals surface area contributed by atoms with Crippen molar-refractivity contribution in [1.29, 1.82) is 0 Å². The average Bonchev–Trinajstić information content (AvgIpc) is 2.32. The molecule has 1 aromatic rings. The van der Waals surface area contributed by atoms with Gasteiger partial charge in [-0.2, -0.15) is 4.98 Å². The first kappa shape index (κ1) is 14.8. The first-order valence-electron chi connectivity index (χ1n) is 7.19. The van der Waals surface area contributed by atoms with E-state index in [4.69, 9.17) is 5.73 Å². The number of nitrogens with two attached hydrogens (primary N) is 1. The molecule has 2 rings (SSSR count). The number of anilines is 3. The Kier molecular flexibility index (Phi) is 4.32. The Morgan fingerprint density at radius 3 is 2.75 bits per heavy atom. The minimum atomic E-state index is -0.225. The number of nitrogens with one attached hydrogen (secondary N) is 2. The SMILES string of the molecule is CC(C)(C)Nc1ncc(N)c(NC2CCCC(O)C2)n1. The summed E-state index contributed by atoms with van der Waals surface area (Å²) in [6, 6.07) is 0.221. The van der Waals surface area contributed by atoms with Crippen LogP contribution >= 0.6 is 0 Å². The van der Waals surface area contributed by atoms with E-state index in [-0.39, 0.29) is 17.7 Å². The molecule has 112 valence electrons. The monoisotopic (exact) mass is 279 g/mol. The van der Waals surface area contributed by atoms with E-state index in [1.807, 2.05) is 0 Å². The number of nitrogen functional groups attached to an aromatic ring is 1. The van der Waals surface area contributed by atoms with Crippen molar-refractivity contribution in [3.8, 4) is 0 Å². The van der Waals surface area contributed by atoms with E-state index in [0.717, 1.165) is 25.7 Å². The van der Waals surface area contributed by atoms with Crippen LogP contribution in [0, 0.1) is 0 Å². The number of aliphatic hydroxyl groups is 1. The minimum Gasteiger partial charge on any atom is -0.394 e. The maximum absolute atomic E-state index is 9.72. The van der Waals surface area contributed by atoms with E-state index in [1.54, 1.807) is 6.20 Å². The van der Waals surface area contributed by atoms with E-state index < -0.39 is 0 Å². The molecule has 1 aliphatic carbocycles. The highest BCUT2D eigenvalue weighted by Gasteiger charge is 2.21. The van der Waals surface area contributed by atoms with Crippen molar-refractivity contribution in [3.05, 3.63) is 6.20 Å². The van der Waals surface area contributed by atoms with Crippen molar-refractivity contribution in [2.24, 2.45) is 0 Å². The Balaban J connectivity index is 2.08. The number of hydrogen-bond acceptors (Lipinski definition) is 6. The fraction of sp³-hybridized carbons (Fsp3) is 0.714. The highest BCUT2D eigenvalue weighted by Crippen LogP contribution is 2.24. The Bertz CT molecular complexity index is 457. The second kappa shape index (κ2) is 5.83. The van der Waals surface area contributed by atoms with Crippen LogP contribution in [0.5, 0.6) is 0 Å². The van der Waals surface area contributed by atoms with Gasteiger partial charge in [-0.1, -0.05) is 0 Å². The average molecular weight is 279 g/mol. The summed E-state index contributed by atoms with van der Waals surface area (Å²) in [5.74, 6) is 1.21. The molecule has 6 heteroatoms. The van der Waals surface area contributed by atoms with Crippen LogP contribution in [-0.4, -0.2) is 32.8 Å². The maximum Gasteiger partial charge on any atom is 0.225 e. The minimum absolute atomic E-state index is 0.103. The van der Waals surface area contributed by atoms with Crippen LogP contribution in [0.1, 0.15) is 46.5 Å². The van der Waals surface area contributed by atoms with Gasteiger partial charge < -0.3 is 21.5 Å². The van der Waals surface area contributed by atoms with Crippen molar-refractivity contribution in [2.45, 2.75) is 64.1 Å². The number of rotatable bonds is 3. The van der Waals surface area contributed by atoms with Crippen molar-refractivity contribution >= 4 is 17.5 Å². The molecule has 0 spiro atoms. The van der Waals surface area contributed by atoms with Gasteiger partial charge in [0.15, 0.2) is 5.82 Å². The number of aliphatic hydroxyl groups excluding tert-OH is 1. The van der Waals surface area contributed by atoms with Crippen LogP contribution in [-0.2, 0) is 0 Å². The molecule has 0 aliphatic heterocycles. The van der Waals surface area contributed by atoms with Gasteiger partial charge in [0.05, 0.1) is 18.0 Å². The van der Waals surface area contributed by atoms with E-state index in [2.05, 4.69) is 41.4 Å². The third-order valence-corrected chi connectivity index (χ3v) is 3.29. The smallest absolute Gasteiger partial charge is 0.225 e. The summed E-state index contributed by atoms with van der Waals surface area (Å²) in [6.07, 6.45) is 5.07. The molecular weight excluding hydrogens is 254 g/mol. The molecule has 1 aromatic heterocycles. The quantitative estimate of drug-likeness (QED) is 0.675. The molecule has 2 unspecified atom stereocenters. The van der Waals surface area contributed by atoms with Crippen molar-refractivity contribution in [3.63, 3.8) is 0 Å². The van der Waals surface area contributed by atoms with Gasteiger partial charge in [-0.15, -0.1) is 0 Å². The molecule has 1 saturated carbocycles. The first-order valence-corrected chi connectivity index (χ1v) is 7.19. The fourth-order valence-corrected chi connectivity index (χ4v) is 2.39. The van der Waals surface area contributed by atoms with Crippen LogP contribution < -0.4 is 16.4 Å². The number of nitrogens with zero attached hydrogens (tertiary/aromatic N) is 2. The molecule has 1 heterocycles. The van der Waals surface area contributed by atoms with Gasteiger partial charge in [0.1, 0.15) is 0 Å². The molecule has 0 bridgehead atoms. The summed E-state index contributed by atoms with van der Waals surface area (Å²) in [7, 11) is 0. The summed E-state index contributed by atoms with van der Waals surface area (Å²) in [4.78, 5) is 8.63. The summed E-state index contributed by atoms with van der Waals surface area (Å²) in [6.45, 7) is 6.16. The molecule has 1 fully saturated rings. The predicted octanol–water partition coefficient (Wildman–Crippen LogP) is 1.98. The van der Waals surface area contributed by atoms with Gasteiger partial charge in [-0.3, -0.25) is 0 Å². The van der Waals surface area contributed by atoms with Gasteiger partial charge >= 0.3 is 0 Å². The molecule has 20 heavy (non-hydrogen) atoms. The highest BCUT2D eigenvalue weighted by molar-refractivity contribution is 5.62. The van der Waals surface area contributed by atoms with Gasteiger partial charge in [0.25, 0.3) is 0 Å². The Labute approximate surface area is 120 Å². The van der Waals surface area contributed by atoms with Gasteiger partial charge in [-0.25, -0.2) is 4.98 Å². The zero-order valence-corrected chi connectivity index (χ0v) is 12.5. The summed E-state index contributed by atoms with van der Waals surface area (Å²) in [5.41, 5.74) is 6.36. The molecular formula is C14H25N5O. The number of aromatic nitrogens is 2. The van der Waals surface area contributed by atoms with Crippen molar-refractivity contribution in [1.82, 2.24) is 9.97 Å². The van der Waals surface area contributed by atoms with Crippen LogP contribution in [0.15, 0.2) is 6.20 Å². The van der Waals surface area contributed by atoms with E-state index >= 15 is 0 Å². The second-order valence-electron chi connectivity index (χ2n) is 6.53. The lowest BCUT2D eigenvalue weighted by Crippen LogP contribution is -2.31. The van der Waals surface area contributed by atoms with Crippen LogP contribution in [0.3, 0.4) is 0 Å². The highest BCUT2D eigenvalue weighted by atomic mass is 16.3. The number of hydrogen-bond donors (Lipinski definition) is 4. The van der Waals surface area contributed by atoms with Gasteiger partial charge in [-0.05, 0) is 46.5 Å². The standard InChI is InChI=1S/C14H25N5O/c1-14(2,3)19-13-16-8-11(15)12(18-13)17-9-5-4-6-10(20)7-9/h8-10,20H,4-7,15H2,1-3H3,(H2,16,17,18,19). The van der Waals surface area contributed by atoms with Gasteiger partial charge in [0.2, 0.25) is 5.95 Å². The van der Waals surface area contributed by atoms with E-state index in [0.29, 0.717) is 17.5 Å². The van der Waals surface area contributed by atoms with Crippen molar-refractivity contribution in [2.75, 3.05) is 16.4 Å². The molecule has 0 amide bonds. The topological polar surface area (TPSA) is 96.1 Å². The summed E-state index contributed by atoms with van der Waals surface area (Å²) < 4.78 is 0. The maximum atomic E-state index is 9.72. The summed E-state index contributed by atoms with van der Waals surface area (Å²) in [5, 5.41) is 16.3. The van der Waals surface area contributed by atoms with Crippen LogP contribution in [0.2, 0.25) is 0 Å². The van der Waals surface area contributed by atoms with Gasteiger partial charge in [0, 0.05) is 11.6 Å². The molecule has 1 aliphatic rings. The molecule has 0 aromatic carbocycles. The lowest BCUT2D eigenvalue weighted by atomic mass is 9.93. The predicted molar refractivity (Wildman–Crippen MR) is 81.7 cm³/mol. The third-order valence-electron chi connectivity index (χ3n) is 3.29. The Morgan fingerprint density at radius 1 is 1.35 bits per heavy atom. The molecule has 6 nitrogen and oxygen atoms in total. The largest absolute Gasteiger partial charge is 0.394 e. The van der Waals surface area contributed by atoms with E-state index in [9.17, 15) is 5.11 Å². The van der Waals surface area contributed by atoms with Crippen molar-refractivity contribution < 1.29 is 5.11 Å². The Morgan fingerprint density at radius 2 is 2.10 bits per heavy atom. The molecule has 0 radical (unpaired) electrons. The molecule has 2 atom stereocenters. The first-order chi connectivity index (χ1) is 9.33. The fourth-order valence-electron chi connectivity index (χ4n) is 2.39. The van der Waals surface area contributed by atoms with Crippen LogP contribution in [0.25, 0.3) is 0 Å². The lowest BCUT2D eigenvalue weighted by molar-refractivity contribution is 0.124. The molecule has 5 N–H and O–H groups in total. The Hall–Kier alpha value is -1.56. The van der Waals surface area contributed by atoms with E-state index in [1.165, 1.54) is 0 Å². The molecule has 0 saturated heterocycles. The zero-order valence-electron chi connectivity index (χ0n) is 12.5. The zero-order chi connectivity index (χ0) is 14.8. The normalized spacial score (nSPS) is 23.4. The second-order valence-corrected chi connectivity index (χ2v) is 6.53. The third kappa shape index (κ3) is 4.23. The lowest BCUT2D eigenvalue weighted by Gasteiger charge is -2.28. The van der Waals surface area contributed by atoms with Crippen LogP contribution in [0.4, 0.5) is 17.5 Å².